The first kappa shape index (κ1) is 17.0. The Morgan fingerprint density at radius 2 is 2.05 bits per heavy atom. The number of rotatable bonds is 8. The highest BCUT2D eigenvalue weighted by Gasteiger charge is 2.37. The van der Waals surface area contributed by atoms with Gasteiger partial charge in [-0.15, -0.1) is 0 Å². The van der Waals surface area contributed by atoms with E-state index in [0.717, 1.165) is 25.1 Å². The van der Waals surface area contributed by atoms with Gasteiger partial charge in [-0.2, -0.15) is 0 Å². The van der Waals surface area contributed by atoms with Crippen molar-refractivity contribution in [2.75, 3.05) is 34.4 Å². The molecule has 0 amide bonds. The Bertz CT molecular complexity index is 406. The van der Waals surface area contributed by atoms with Gasteiger partial charge in [0.1, 0.15) is 5.75 Å². The zero-order chi connectivity index (χ0) is 15.2. The van der Waals surface area contributed by atoms with Gasteiger partial charge in [-0.1, -0.05) is 32.4 Å². The standard InChI is InChI=1S/C17H29NO2/c1-6-10-17(13-18(3)4,14(2)12-19)15-8-7-9-16(11-15)20-5/h7-9,11,14,19H,6,10,12-13H2,1-5H3/t14-,17+/m0/s1. The first-order valence-electron chi connectivity index (χ1n) is 7.40. The number of hydrogen-bond acceptors (Lipinski definition) is 3. The Labute approximate surface area is 123 Å². The summed E-state index contributed by atoms with van der Waals surface area (Å²) in [5.41, 5.74) is 1.22. The van der Waals surface area contributed by atoms with Crippen LogP contribution in [0.3, 0.4) is 0 Å². The summed E-state index contributed by atoms with van der Waals surface area (Å²) in [5.74, 6) is 1.09. The summed E-state index contributed by atoms with van der Waals surface area (Å²) in [6.45, 7) is 5.47. The van der Waals surface area contributed by atoms with Crippen LogP contribution in [0.15, 0.2) is 24.3 Å². The second kappa shape index (κ2) is 7.65. The van der Waals surface area contributed by atoms with Gasteiger partial charge < -0.3 is 14.7 Å². The fourth-order valence-corrected chi connectivity index (χ4v) is 3.12. The Morgan fingerprint density at radius 1 is 1.35 bits per heavy atom. The second-order valence-electron chi connectivity index (χ2n) is 5.96. The van der Waals surface area contributed by atoms with Gasteiger partial charge in [-0.05, 0) is 44.1 Å². The minimum atomic E-state index is -0.0401. The Balaban J connectivity index is 3.30. The second-order valence-corrected chi connectivity index (χ2v) is 5.96. The van der Waals surface area contributed by atoms with Crippen LogP contribution >= 0.6 is 0 Å². The minimum absolute atomic E-state index is 0.0401. The number of benzene rings is 1. The predicted molar refractivity (Wildman–Crippen MR) is 84.4 cm³/mol. The van der Waals surface area contributed by atoms with E-state index in [-0.39, 0.29) is 17.9 Å². The SMILES string of the molecule is CCC[C@](CN(C)C)(c1cccc(OC)c1)[C@@H](C)CO. The summed E-state index contributed by atoms with van der Waals surface area (Å²) >= 11 is 0. The van der Waals surface area contributed by atoms with Crippen molar-refractivity contribution in [3.63, 3.8) is 0 Å². The third-order valence-electron chi connectivity index (χ3n) is 4.16. The molecule has 0 radical (unpaired) electrons. The molecule has 0 spiro atoms. The minimum Gasteiger partial charge on any atom is -0.497 e. The topological polar surface area (TPSA) is 32.7 Å². The third-order valence-corrected chi connectivity index (χ3v) is 4.16. The Kier molecular flexibility index (Phi) is 6.50. The van der Waals surface area contributed by atoms with Crippen LogP contribution < -0.4 is 4.74 Å². The van der Waals surface area contributed by atoms with Crippen molar-refractivity contribution in [2.45, 2.75) is 32.1 Å². The lowest BCUT2D eigenvalue weighted by molar-refractivity contribution is 0.124. The van der Waals surface area contributed by atoms with Crippen LogP contribution in [-0.4, -0.2) is 44.4 Å². The lowest BCUT2D eigenvalue weighted by Gasteiger charge is -2.41. The molecule has 1 aromatic carbocycles. The molecule has 1 aromatic rings. The number of methoxy groups -OCH3 is 1. The number of ether oxygens (including phenoxy) is 1. The molecule has 0 heterocycles. The van der Waals surface area contributed by atoms with Crippen molar-refractivity contribution in [3.05, 3.63) is 29.8 Å². The molecule has 0 saturated carbocycles. The number of aliphatic hydroxyl groups is 1. The van der Waals surface area contributed by atoms with E-state index in [1.54, 1.807) is 7.11 Å². The molecule has 0 aliphatic heterocycles. The first-order chi connectivity index (χ1) is 9.50. The molecular weight excluding hydrogens is 250 g/mol. The van der Waals surface area contributed by atoms with E-state index in [9.17, 15) is 5.11 Å². The van der Waals surface area contributed by atoms with Gasteiger partial charge >= 0.3 is 0 Å². The van der Waals surface area contributed by atoms with E-state index in [2.05, 4.69) is 45.0 Å². The predicted octanol–water partition coefficient (Wildman–Crippen LogP) is 2.92. The zero-order valence-corrected chi connectivity index (χ0v) is 13.5. The van der Waals surface area contributed by atoms with Gasteiger partial charge in [-0.3, -0.25) is 0 Å². The summed E-state index contributed by atoms with van der Waals surface area (Å²) in [4.78, 5) is 2.21. The largest absolute Gasteiger partial charge is 0.497 e. The first-order valence-corrected chi connectivity index (χ1v) is 7.40. The molecule has 3 heteroatoms. The van der Waals surface area contributed by atoms with Gasteiger partial charge in [0.15, 0.2) is 0 Å². The summed E-state index contributed by atoms with van der Waals surface area (Å²) < 4.78 is 5.37. The molecule has 0 aliphatic carbocycles. The van der Waals surface area contributed by atoms with Crippen molar-refractivity contribution >= 4 is 0 Å². The van der Waals surface area contributed by atoms with E-state index >= 15 is 0 Å². The fourth-order valence-electron chi connectivity index (χ4n) is 3.12. The molecule has 1 N–H and O–H groups in total. The highest BCUT2D eigenvalue weighted by atomic mass is 16.5. The van der Waals surface area contributed by atoms with Crippen LogP contribution in [0.25, 0.3) is 0 Å². The quantitative estimate of drug-likeness (QED) is 0.794. The molecule has 0 bridgehead atoms. The molecule has 2 atom stereocenters. The lowest BCUT2D eigenvalue weighted by Crippen LogP contribution is -2.44. The smallest absolute Gasteiger partial charge is 0.119 e. The van der Waals surface area contributed by atoms with E-state index < -0.39 is 0 Å². The van der Waals surface area contributed by atoms with Gasteiger partial charge in [-0.25, -0.2) is 0 Å². The molecule has 0 aliphatic rings. The molecule has 3 nitrogen and oxygen atoms in total. The van der Waals surface area contributed by atoms with E-state index in [1.807, 2.05) is 12.1 Å². The molecule has 0 fully saturated rings. The summed E-state index contributed by atoms with van der Waals surface area (Å²) in [6, 6.07) is 8.29. The van der Waals surface area contributed by atoms with Crippen LogP contribution in [0.1, 0.15) is 32.3 Å². The van der Waals surface area contributed by atoms with E-state index in [1.165, 1.54) is 5.56 Å². The van der Waals surface area contributed by atoms with E-state index in [0.29, 0.717) is 0 Å². The zero-order valence-electron chi connectivity index (χ0n) is 13.5. The molecule has 0 aromatic heterocycles. The molecule has 20 heavy (non-hydrogen) atoms. The fraction of sp³-hybridized carbons (Fsp3) is 0.647. The number of hydrogen-bond donors (Lipinski definition) is 1. The maximum Gasteiger partial charge on any atom is 0.119 e. The van der Waals surface area contributed by atoms with Crippen molar-refractivity contribution in [2.24, 2.45) is 5.92 Å². The lowest BCUT2D eigenvalue weighted by atomic mass is 9.68. The van der Waals surface area contributed by atoms with Crippen molar-refractivity contribution in [1.29, 1.82) is 0 Å². The number of likely N-dealkylation sites (N-methyl/N-ethyl adjacent to an activating group) is 1. The monoisotopic (exact) mass is 279 g/mol. The maximum absolute atomic E-state index is 9.75. The van der Waals surface area contributed by atoms with Gasteiger partial charge in [0.05, 0.1) is 7.11 Å². The average molecular weight is 279 g/mol. The summed E-state index contributed by atoms with van der Waals surface area (Å²) in [6.07, 6.45) is 2.15. The average Bonchev–Trinajstić information content (AvgIpc) is 2.45. The maximum atomic E-state index is 9.75. The highest BCUT2D eigenvalue weighted by Crippen LogP contribution is 2.38. The third kappa shape index (κ3) is 3.74. The van der Waals surface area contributed by atoms with Crippen LogP contribution in [0.2, 0.25) is 0 Å². The van der Waals surface area contributed by atoms with E-state index in [4.69, 9.17) is 4.74 Å². The summed E-state index contributed by atoms with van der Waals surface area (Å²) in [5, 5.41) is 9.75. The van der Waals surface area contributed by atoms with Gasteiger partial charge in [0, 0.05) is 18.6 Å². The van der Waals surface area contributed by atoms with Crippen molar-refractivity contribution in [3.8, 4) is 5.75 Å². The van der Waals surface area contributed by atoms with Crippen molar-refractivity contribution < 1.29 is 9.84 Å². The van der Waals surface area contributed by atoms with Gasteiger partial charge in [0.25, 0.3) is 0 Å². The molecule has 0 unspecified atom stereocenters. The molecule has 114 valence electrons. The van der Waals surface area contributed by atoms with Crippen LogP contribution in [0, 0.1) is 5.92 Å². The molecule has 0 saturated heterocycles. The number of aliphatic hydroxyl groups excluding tert-OH is 1. The van der Waals surface area contributed by atoms with Crippen molar-refractivity contribution in [1.82, 2.24) is 4.90 Å². The summed E-state index contributed by atoms with van der Waals surface area (Å²) in [7, 11) is 5.88. The normalized spacial score (nSPS) is 15.9. The number of nitrogens with zero attached hydrogens (tertiary/aromatic N) is 1. The molecular formula is C17H29NO2. The Hall–Kier alpha value is -1.06. The van der Waals surface area contributed by atoms with Crippen LogP contribution in [0.4, 0.5) is 0 Å². The molecule has 1 rings (SSSR count). The van der Waals surface area contributed by atoms with Crippen LogP contribution in [0.5, 0.6) is 5.75 Å². The highest BCUT2D eigenvalue weighted by molar-refractivity contribution is 5.35. The van der Waals surface area contributed by atoms with Gasteiger partial charge in [0.2, 0.25) is 0 Å². The Morgan fingerprint density at radius 3 is 2.55 bits per heavy atom. The van der Waals surface area contributed by atoms with Crippen LogP contribution in [-0.2, 0) is 5.41 Å².